The van der Waals surface area contributed by atoms with Gasteiger partial charge in [-0.1, -0.05) is 12.1 Å². The van der Waals surface area contributed by atoms with Crippen molar-refractivity contribution in [2.24, 2.45) is 0 Å². The highest BCUT2D eigenvalue weighted by Gasteiger charge is 2.04. The van der Waals surface area contributed by atoms with Crippen LogP contribution in [-0.4, -0.2) is 13.2 Å². The van der Waals surface area contributed by atoms with Crippen LogP contribution in [0.4, 0.5) is 5.69 Å². The Kier molecular flexibility index (Phi) is 4.29. The summed E-state index contributed by atoms with van der Waals surface area (Å²) in [5.41, 5.74) is 1.09. The van der Waals surface area contributed by atoms with Gasteiger partial charge in [0.2, 0.25) is 0 Å². The third-order valence-corrected chi connectivity index (χ3v) is 2.61. The zero-order valence-electron chi connectivity index (χ0n) is 11.5. The van der Waals surface area contributed by atoms with Gasteiger partial charge in [-0.05, 0) is 50.2 Å². The molecule has 0 heterocycles. The summed E-state index contributed by atoms with van der Waals surface area (Å²) in [6.45, 7) is 4.22. The Morgan fingerprint density at radius 2 is 1.53 bits per heavy atom. The van der Waals surface area contributed by atoms with Crippen molar-refractivity contribution in [3.05, 3.63) is 48.5 Å². The summed E-state index contributed by atoms with van der Waals surface area (Å²) in [5, 5.41) is 3.34. The summed E-state index contributed by atoms with van der Waals surface area (Å²) in [6.07, 6.45) is 0. The maximum atomic E-state index is 5.81. The predicted octanol–water partition coefficient (Wildman–Crippen LogP) is 4.31. The van der Waals surface area contributed by atoms with Crippen LogP contribution < -0.4 is 14.8 Å². The first kappa shape index (κ1) is 13.3. The monoisotopic (exact) mass is 257 g/mol. The number of ether oxygens (including phenoxy) is 2. The molecular weight excluding hydrogens is 238 g/mol. The highest BCUT2D eigenvalue weighted by molar-refractivity contribution is 5.49. The molecule has 19 heavy (non-hydrogen) atoms. The molecular formula is C16H19NO2. The van der Waals surface area contributed by atoms with Crippen molar-refractivity contribution in [3.8, 4) is 17.2 Å². The van der Waals surface area contributed by atoms with Crippen LogP contribution in [-0.2, 0) is 0 Å². The third-order valence-electron chi connectivity index (χ3n) is 2.61. The molecule has 0 aliphatic heterocycles. The molecule has 0 saturated carbocycles. The number of rotatable bonds is 5. The van der Waals surface area contributed by atoms with E-state index in [-0.39, 0.29) is 0 Å². The summed E-state index contributed by atoms with van der Waals surface area (Å²) in [5.74, 6) is 2.24. The molecule has 0 bridgehead atoms. The van der Waals surface area contributed by atoms with E-state index in [4.69, 9.17) is 9.47 Å². The molecule has 2 aromatic carbocycles. The fraction of sp³-hybridized carbons (Fsp3) is 0.250. The largest absolute Gasteiger partial charge is 0.493 e. The van der Waals surface area contributed by atoms with E-state index in [0.29, 0.717) is 6.04 Å². The summed E-state index contributed by atoms with van der Waals surface area (Å²) in [6, 6.07) is 15.9. The van der Waals surface area contributed by atoms with Crippen molar-refractivity contribution < 1.29 is 9.47 Å². The first-order valence-corrected chi connectivity index (χ1v) is 6.36. The molecule has 0 aliphatic carbocycles. The lowest BCUT2D eigenvalue weighted by Crippen LogP contribution is -2.09. The van der Waals surface area contributed by atoms with Crippen molar-refractivity contribution in [2.45, 2.75) is 19.9 Å². The highest BCUT2D eigenvalue weighted by Crippen LogP contribution is 2.31. The highest BCUT2D eigenvalue weighted by atomic mass is 16.5. The molecule has 0 aromatic heterocycles. The Bertz CT molecular complexity index is 521. The van der Waals surface area contributed by atoms with Gasteiger partial charge < -0.3 is 14.8 Å². The Balaban J connectivity index is 2.11. The second kappa shape index (κ2) is 6.14. The lowest BCUT2D eigenvalue weighted by molar-refractivity contribution is 0.379. The van der Waals surface area contributed by atoms with Crippen LogP contribution in [0.25, 0.3) is 0 Å². The second-order valence-electron chi connectivity index (χ2n) is 4.58. The van der Waals surface area contributed by atoms with Gasteiger partial charge in [0.15, 0.2) is 11.5 Å². The van der Waals surface area contributed by atoms with Gasteiger partial charge >= 0.3 is 0 Å². The van der Waals surface area contributed by atoms with Crippen LogP contribution in [0.15, 0.2) is 48.5 Å². The molecule has 0 atom stereocenters. The summed E-state index contributed by atoms with van der Waals surface area (Å²) in [4.78, 5) is 0. The first-order valence-electron chi connectivity index (χ1n) is 6.36. The Labute approximate surface area is 114 Å². The van der Waals surface area contributed by atoms with E-state index < -0.39 is 0 Å². The van der Waals surface area contributed by atoms with Crippen molar-refractivity contribution >= 4 is 5.69 Å². The molecule has 100 valence electrons. The fourth-order valence-electron chi connectivity index (χ4n) is 1.78. The molecule has 3 nitrogen and oxygen atoms in total. The Morgan fingerprint density at radius 3 is 2.11 bits per heavy atom. The Morgan fingerprint density at radius 1 is 0.895 bits per heavy atom. The second-order valence-corrected chi connectivity index (χ2v) is 4.58. The maximum absolute atomic E-state index is 5.81. The van der Waals surface area contributed by atoms with E-state index in [0.717, 1.165) is 22.9 Å². The standard InChI is InChI=1S/C16H19NO2/c1-12(2)17-13-8-10-14(11-9-13)19-16-7-5-4-6-15(16)18-3/h4-12,17H,1-3H3. The summed E-state index contributed by atoms with van der Waals surface area (Å²) < 4.78 is 11.1. The van der Waals surface area contributed by atoms with Gasteiger partial charge in [0.1, 0.15) is 5.75 Å². The molecule has 0 saturated heterocycles. The molecule has 3 heteroatoms. The molecule has 0 radical (unpaired) electrons. The van der Waals surface area contributed by atoms with E-state index in [1.54, 1.807) is 7.11 Å². The first-order chi connectivity index (χ1) is 9.19. The van der Waals surface area contributed by atoms with Crippen molar-refractivity contribution in [2.75, 3.05) is 12.4 Å². The van der Waals surface area contributed by atoms with Crippen LogP contribution >= 0.6 is 0 Å². The van der Waals surface area contributed by atoms with E-state index in [2.05, 4.69) is 19.2 Å². The summed E-state index contributed by atoms with van der Waals surface area (Å²) in [7, 11) is 1.64. The average Bonchev–Trinajstić information content (AvgIpc) is 2.41. The SMILES string of the molecule is COc1ccccc1Oc1ccc(NC(C)C)cc1. The summed E-state index contributed by atoms with van der Waals surface area (Å²) >= 11 is 0. The topological polar surface area (TPSA) is 30.5 Å². The minimum Gasteiger partial charge on any atom is -0.493 e. The van der Waals surface area contributed by atoms with Gasteiger partial charge in [0.05, 0.1) is 7.11 Å². The van der Waals surface area contributed by atoms with Crippen molar-refractivity contribution in [1.29, 1.82) is 0 Å². The van der Waals surface area contributed by atoms with Gasteiger partial charge in [0.25, 0.3) is 0 Å². The van der Waals surface area contributed by atoms with Gasteiger partial charge in [-0.2, -0.15) is 0 Å². The fourth-order valence-corrected chi connectivity index (χ4v) is 1.78. The number of para-hydroxylation sites is 2. The molecule has 0 fully saturated rings. The lowest BCUT2D eigenvalue weighted by Gasteiger charge is -2.12. The molecule has 2 aromatic rings. The van der Waals surface area contributed by atoms with E-state index in [1.807, 2.05) is 48.5 Å². The number of hydrogen-bond donors (Lipinski definition) is 1. The quantitative estimate of drug-likeness (QED) is 0.865. The van der Waals surface area contributed by atoms with Crippen LogP contribution in [0.5, 0.6) is 17.2 Å². The normalized spacial score (nSPS) is 10.3. The number of anilines is 1. The Hall–Kier alpha value is -2.16. The van der Waals surface area contributed by atoms with Gasteiger partial charge in [-0.25, -0.2) is 0 Å². The van der Waals surface area contributed by atoms with Crippen LogP contribution in [0.2, 0.25) is 0 Å². The van der Waals surface area contributed by atoms with Gasteiger partial charge in [-0.15, -0.1) is 0 Å². The molecule has 0 amide bonds. The molecule has 0 spiro atoms. The number of benzene rings is 2. The van der Waals surface area contributed by atoms with E-state index in [1.165, 1.54) is 0 Å². The predicted molar refractivity (Wildman–Crippen MR) is 78.3 cm³/mol. The van der Waals surface area contributed by atoms with Crippen LogP contribution in [0, 0.1) is 0 Å². The zero-order valence-corrected chi connectivity index (χ0v) is 11.5. The third kappa shape index (κ3) is 3.65. The molecule has 0 unspecified atom stereocenters. The van der Waals surface area contributed by atoms with Crippen LogP contribution in [0.3, 0.4) is 0 Å². The molecule has 1 N–H and O–H groups in total. The number of methoxy groups -OCH3 is 1. The molecule has 0 aliphatic rings. The van der Waals surface area contributed by atoms with Crippen molar-refractivity contribution in [3.63, 3.8) is 0 Å². The number of nitrogens with one attached hydrogen (secondary N) is 1. The minimum atomic E-state index is 0.418. The van der Waals surface area contributed by atoms with Gasteiger partial charge in [0, 0.05) is 11.7 Å². The number of hydrogen-bond acceptors (Lipinski definition) is 3. The van der Waals surface area contributed by atoms with Gasteiger partial charge in [-0.3, -0.25) is 0 Å². The molecule has 2 rings (SSSR count). The zero-order chi connectivity index (χ0) is 13.7. The van der Waals surface area contributed by atoms with E-state index in [9.17, 15) is 0 Å². The minimum absolute atomic E-state index is 0.418. The van der Waals surface area contributed by atoms with E-state index >= 15 is 0 Å². The maximum Gasteiger partial charge on any atom is 0.169 e. The van der Waals surface area contributed by atoms with Crippen LogP contribution in [0.1, 0.15) is 13.8 Å². The smallest absolute Gasteiger partial charge is 0.169 e. The lowest BCUT2D eigenvalue weighted by atomic mass is 10.2. The average molecular weight is 257 g/mol. The van der Waals surface area contributed by atoms with Crippen molar-refractivity contribution in [1.82, 2.24) is 0 Å².